The van der Waals surface area contributed by atoms with E-state index in [1.807, 2.05) is 13.8 Å². The van der Waals surface area contributed by atoms with Crippen molar-refractivity contribution in [1.29, 1.82) is 0 Å². The zero-order valence-corrected chi connectivity index (χ0v) is 13.1. The van der Waals surface area contributed by atoms with E-state index in [0.29, 0.717) is 6.54 Å². The molecule has 0 atom stereocenters. The van der Waals surface area contributed by atoms with Gasteiger partial charge in [0.2, 0.25) is 0 Å². The molecule has 1 aromatic carbocycles. The third-order valence-corrected chi connectivity index (χ3v) is 4.01. The lowest BCUT2D eigenvalue weighted by atomic mass is 9.88. The summed E-state index contributed by atoms with van der Waals surface area (Å²) in [6, 6.07) is 5.03. The van der Waals surface area contributed by atoms with Crippen molar-refractivity contribution in [1.82, 2.24) is 5.32 Å². The van der Waals surface area contributed by atoms with E-state index >= 15 is 0 Å². The van der Waals surface area contributed by atoms with Gasteiger partial charge in [0.25, 0.3) is 0 Å². The van der Waals surface area contributed by atoms with Gasteiger partial charge in [-0.15, -0.1) is 0 Å². The summed E-state index contributed by atoms with van der Waals surface area (Å²) in [4.78, 5) is 11.5. The van der Waals surface area contributed by atoms with Crippen LogP contribution < -0.4 is 5.32 Å². The Morgan fingerprint density at radius 2 is 1.68 bits per heavy atom. The van der Waals surface area contributed by atoms with E-state index in [-0.39, 0.29) is 12.4 Å². The molecule has 0 aromatic heterocycles. The van der Waals surface area contributed by atoms with E-state index in [9.17, 15) is 18.0 Å². The van der Waals surface area contributed by atoms with Gasteiger partial charge in [0.15, 0.2) is 0 Å². The summed E-state index contributed by atoms with van der Waals surface area (Å²) < 4.78 is 42.3. The van der Waals surface area contributed by atoms with Crippen molar-refractivity contribution in [2.24, 2.45) is 0 Å². The van der Waals surface area contributed by atoms with E-state index in [2.05, 4.69) is 5.32 Å². The second kappa shape index (κ2) is 7.63. The number of esters is 1. The minimum Gasteiger partial charge on any atom is -0.469 e. The number of carbonyl (C=O) groups is 1. The van der Waals surface area contributed by atoms with Gasteiger partial charge in [-0.05, 0) is 30.5 Å². The van der Waals surface area contributed by atoms with Crippen LogP contribution in [0.3, 0.4) is 0 Å². The normalized spacial score (nSPS) is 12.3. The SMILES string of the molecule is CCC(CC)(CC(=O)OC)NCc1ccc(C(F)(F)F)cc1. The van der Waals surface area contributed by atoms with Crippen molar-refractivity contribution in [3.63, 3.8) is 0 Å². The van der Waals surface area contributed by atoms with Crippen LogP contribution in [0, 0.1) is 0 Å². The van der Waals surface area contributed by atoms with Gasteiger partial charge in [0.05, 0.1) is 19.1 Å². The van der Waals surface area contributed by atoms with Crippen LogP contribution in [0.5, 0.6) is 0 Å². The number of alkyl halides is 3. The maximum atomic E-state index is 12.5. The molecule has 0 saturated heterocycles. The summed E-state index contributed by atoms with van der Waals surface area (Å²) in [6.45, 7) is 4.33. The lowest BCUT2D eigenvalue weighted by Gasteiger charge is -2.32. The highest BCUT2D eigenvalue weighted by Crippen LogP contribution is 2.29. The molecule has 0 aliphatic heterocycles. The number of hydrogen-bond donors (Lipinski definition) is 1. The van der Waals surface area contributed by atoms with Gasteiger partial charge in [0, 0.05) is 12.1 Å². The second-order valence-electron chi connectivity index (χ2n) is 5.29. The Morgan fingerprint density at radius 3 is 2.09 bits per heavy atom. The monoisotopic (exact) mass is 317 g/mol. The van der Waals surface area contributed by atoms with Crippen LogP contribution in [0.15, 0.2) is 24.3 Å². The number of benzene rings is 1. The largest absolute Gasteiger partial charge is 0.469 e. The highest BCUT2D eigenvalue weighted by Gasteiger charge is 2.31. The predicted octanol–water partition coefficient (Wildman–Crippen LogP) is 3.92. The predicted molar refractivity (Wildman–Crippen MR) is 78.2 cm³/mol. The number of ether oxygens (including phenoxy) is 1. The summed E-state index contributed by atoms with van der Waals surface area (Å²) in [7, 11) is 1.34. The molecule has 0 unspecified atom stereocenters. The quantitative estimate of drug-likeness (QED) is 0.775. The molecule has 0 heterocycles. The van der Waals surface area contributed by atoms with Gasteiger partial charge in [0.1, 0.15) is 0 Å². The molecule has 3 nitrogen and oxygen atoms in total. The smallest absolute Gasteiger partial charge is 0.416 e. The van der Waals surface area contributed by atoms with Crippen molar-refractivity contribution < 1.29 is 22.7 Å². The van der Waals surface area contributed by atoms with Crippen LogP contribution in [0.4, 0.5) is 13.2 Å². The van der Waals surface area contributed by atoms with Crippen molar-refractivity contribution in [3.05, 3.63) is 35.4 Å². The third-order valence-electron chi connectivity index (χ3n) is 4.01. The number of hydrogen-bond acceptors (Lipinski definition) is 3. The van der Waals surface area contributed by atoms with Crippen LogP contribution in [-0.2, 0) is 22.3 Å². The van der Waals surface area contributed by atoms with Crippen LogP contribution in [0.2, 0.25) is 0 Å². The molecular formula is C16H22F3NO2. The topological polar surface area (TPSA) is 38.3 Å². The minimum absolute atomic E-state index is 0.233. The molecule has 6 heteroatoms. The van der Waals surface area contributed by atoms with Gasteiger partial charge in [-0.2, -0.15) is 13.2 Å². The van der Waals surface area contributed by atoms with Crippen molar-refractivity contribution in [2.45, 2.75) is 51.4 Å². The molecule has 0 amide bonds. The molecule has 0 fully saturated rings. The van der Waals surface area contributed by atoms with E-state index in [0.717, 1.165) is 30.5 Å². The van der Waals surface area contributed by atoms with Gasteiger partial charge in [-0.1, -0.05) is 26.0 Å². The molecule has 124 valence electrons. The first-order valence-electron chi connectivity index (χ1n) is 7.24. The molecule has 0 aliphatic rings. The fraction of sp³-hybridized carbons (Fsp3) is 0.562. The fourth-order valence-corrected chi connectivity index (χ4v) is 2.26. The maximum absolute atomic E-state index is 12.5. The van der Waals surface area contributed by atoms with E-state index in [1.54, 1.807) is 0 Å². The number of nitrogens with one attached hydrogen (secondary N) is 1. The molecule has 1 aromatic rings. The van der Waals surface area contributed by atoms with Crippen molar-refractivity contribution in [2.75, 3.05) is 7.11 Å². The van der Waals surface area contributed by atoms with Crippen LogP contribution in [-0.4, -0.2) is 18.6 Å². The first-order valence-corrected chi connectivity index (χ1v) is 7.24. The van der Waals surface area contributed by atoms with Crippen molar-refractivity contribution in [3.8, 4) is 0 Å². The molecule has 1 N–H and O–H groups in total. The van der Waals surface area contributed by atoms with Crippen LogP contribution in [0.25, 0.3) is 0 Å². The third kappa shape index (κ3) is 5.02. The summed E-state index contributed by atoms with van der Waals surface area (Å²) >= 11 is 0. The first kappa shape index (κ1) is 18.5. The molecule has 0 saturated carbocycles. The van der Waals surface area contributed by atoms with Gasteiger partial charge in [-0.25, -0.2) is 0 Å². The zero-order chi connectivity index (χ0) is 16.8. The Labute approximate surface area is 128 Å². The Morgan fingerprint density at radius 1 is 1.14 bits per heavy atom. The molecule has 0 spiro atoms. The Hall–Kier alpha value is -1.56. The summed E-state index contributed by atoms with van der Waals surface area (Å²) in [5.74, 6) is -0.302. The molecule has 1 rings (SSSR count). The zero-order valence-electron chi connectivity index (χ0n) is 13.1. The summed E-state index contributed by atoms with van der Waals surface area (Å²) in [5, 5.41) is 3.29. The number of methoxy groups -OCH3 is 1. The molecular weight excluding hydrogens is 295 g/mol. The van der Waals surface area contributed by atoms with E-state index in [4.69, 9.17) is 4.74 Å². The lowest BCUT2D eigenvalue weighted by molar-refractivity contribution is -0.142. The minimum atomic E-state index is -4.33. The van der Waals surface area contributed by atoms with Crippen LogP contribution in [0.1, 0.15) is 44.2 Å². The number of rotatable bonds is 7. The maximum Gasteiger partial charge on any atom is 0.416 e. The van der Waals surface area contributed by atoms with Crippen molar-refractivity contribution >= 4 is 5.97 Å². The highest BCUT2D eigenvalue weighted by molar-refractivity contribution is 5.70. The molecule has 0 bridgehead atoms. The highest BCUT2D eigenvalue weighted by atomic mass is 19.4. The van der Waals surface area contributed by atoms with Gasteiger partial charge >= 0.3 is 12.1 Å². The Bertz CT molecular complexity index is 479. The Balaban J connectivity index is 2.75. The van der Waals surface area contributed by atoms with E-state index < -0.39 is 17.3 Å². The average Bonchev–Trinajstić information content (AvgIpc) is 2.51. The molecule has 22 heavy (non-hydrogen) atoms. The first-order chi connectivity index (χ1) is 10.3. The lowest BCUT2D eigenvalue weighted by Crippen LogP contribution is -2.45. The summed E-state index contributed by atoms with van der Waals surface area (Å²) in [5.41, 5.74) is -0.331. The van der Waals surface area contributed by atoms with Gasteiger partial charge in [-0.3, -0.25) is 4.79 Å². The molecule has 0 aliphatic carbocycles. The Kier molecular flexibility index (Phi) is 6.41. The average molecular weight is 317 g/mol. The number of carbonyl (C=O) groups excluding carboxylic acids is 1. The summed E-state index contributed by atoms with van der Waals surface area (Å²) in [6.07, 6.45) is -2.65. The second-order valence-corrected chi connectivity index (χ2v) is 5.29. The van der Waals surface area contributed by atoms with E-state index in [1.165, 1.54) is 19.2 Å². The van der Waals surface area contributed by atoms with Gasteiger partial charge < -0.3 is 10.1 Å². The molecule has 0 radical (unpaired) electrons. The standard InChI is InChI=1S/C16H22F3NO2/c1-4-15(5-2,10-14(21)22-3)20-11-12-6-8-13(9-7-12)16(17,18)19/h6-9,20H,4-5,10-11H2,1-3H3. The number of halogens is 3. The van der Waals surface area contributed by atoms with Crippen LogP contribution >= 0.6 is 0 Å². The fourth-order valence-electron chi connectivity index (χ4n) is 2.26.